The molecule has 0 saturated heterocycles. The van der Waals surface area contributed by atoms with Crippen LogP contribution in [0.15, 0.2) is 53.0 Å². The van der Waals surface area contributed by atoms with Crippen LogP contribution in [-0.4, -0.2) is 31.1 Å². The number of hydrogen-bond acceptors (Lipinski definition) is 3. The summed E-state index contributed by atoms with van der Waals surface area (Å²) < 4.78 is 10.5. The normalized spacial score (nSPS) is 11.0. The Morgan fingerprint density at radius 3 is 2.64 bits per heavy atom. The van der Waals surface area contributed by atoms with Gasteiger partial charge in [0.25, 0.3) is 0 Å². The lowest BCUT2D eigenvalue weighted by Gasteiger charge is -2.21. The lowest BCUT2D eigenvalue weighted by molar-refractivity contribution is -0.127. The number of ether oxygens (including phenoxy) is 1. The minimum atomic E-state index is -0.0602. The molecule has 0 aliphatic rings. The molecule has 0 unspecified atom stereocenters. The van der Waals surface area contributed by atoms with Crippen molar-refractivity contribution in [3.63, 3.8) is 0 Å². The van der Waals surface area contributed by atoms with E-state index in [1.165, 1.54) is 6.08 Å². The van der Waals surface area contributed by atoms with E-state index < -0.39 is 0 Å². The average molecular weight is 299 g/mol. The predicted octanol–water partition coefficient (Wildman–Crippen LogP) is 3.28. The van der Waals surface area contributed by atoms with E-state index in [4.69, 9.17) is 9.15 Å². The molecule has 4 heteroatoms. The number of nitrogens with zero attached hydrogens (tertiary/aromatic N) is 1. The van der Waals surface area contributed by atoms with Crippen LogP contribution in [0.1, 0.15) is 17.1 Å². The van der Waals surface area contributed by atoms with Gasteiger partial charge in [0.15, 0.2) is 0 Å². The largest absolute Gasteiger partial charge is 0.462 e. The van der Waals surface area contributed by atoms with Gasteiger partial charge in [-0.25, -0.2) is 0 Å². The fraction of sp³-hybridized carbons (Fsp3) is 0.278. The number of carbonyl (C=O) groups excluding carboxylic acids is 1. The van der Waals surface area contributed by atoms with Gasteiger partial charge in [-0.05, 0) is 30.7 Å². The van der Waals surface area contributed by atoms with Gasteiger partial charge in [0.2, 0.25) is 5.91 Å². The van der Waals surface area contributed by atoms with E-state index in [0.717, 1.165) is 11.3 Å². The monoisotopic (exact) mass is 299 g/mol. The highest BCUT2D eigenvalue weighted by molar-refractivity contribution is 5.91. The molecule has 4 nitrogen and oxygen atoms in total. The molecule has 22 heavy (non-hydrogen) atoms. The Hall–Kier alpha value is -2.33. The SMILES string of the molecule is COCCN(Cc1ccccc1)C(=O)C=Cc1ccc(C)o1. The van der Waals surface area contributed by atoms with Crippen LogP contribution in [0.25, 0.3) is 6.08 Å². The van der Waals surface area contributed by atoms with Crippen LogP contribution < -0.4 is 0 Å². The summed E-state index contributed by atoms with van der Waals surface area (Å²) in [7, 11) is 1.63. The van der Waals surface area contributed by atoms with Crippen LogP contribution in [0, 0.1) is 6.92 Å². The van der Waals surface area contributed by atoms with E-state index in [1.54, 1.807) is 18.1 Å². The van der Waals surface area contributed by atoms with E-state index in [2.05, 4.69) is 0 Å². The molecule has 0 aliphatic carbocycles. The van der Waals surface area contributed by atoms with Crippen LogP contribution in [0.2, 0.25) is 0 Å². The third-order valence-corrected chi connectivity index (χ3v) is 3.24. The Kier molecular flexibility index (Phi) is 5.98. The zero-order valence-electron chi connectivity index (χ0n) is 13.0. The number of aryl methyl sites for hydroxylation is 1. The first-order chi connectivity index (χ1) is 10.7. The maximum atomic E-state index is 12.4. The molecular formula is C18H21NO3. The van der Waals surface area contributed by atoms with Gasteiger partial charge in [-0.1, -0.05) is 30.3 Å². The third kappa shape index (κ3) is 4.90. The maximum Gasteiger partial charge on any atom is 0.247 e. The summed E-state index contributed by atoms with van der Waals surface area (Å²) in [5, 5.41) is 0. The van der Waals surface area contributed by atoms with Crippen molar-refractivity contribution in [3.8, 4) is 0 Å². The predicted molar refractivity (Wildman–Crippen MR) is 86.2 cm³/mol. The number of benzene rings is 1. The highest BCUT2D eigenvalue weighted by atomic mass is 16.5. The zero-order valence-corrected chi connectivity index (χ0v) is 13.0. The summed E-state index contributed by atoms with van der Waals surface area (Å²) >= 11 is 0. The number of methoxy groups -OCH3 is 1. The molecule has 2 aromatic rings. The van der Waals surface area contributed by atoms with Gasteiger partial charge >= 0.3 is 0 Å². The number of rotatable bonds is 7. The van der Waals surface area contributed by atoms with Gasteiger partial charge in [-0.15, -0.1) is 0 Å². The molecule has 1 aromatic carbocycles. The molecule has 0 spiro atoms. The standard InChI is InChI=1S/C18H21NO3/c1-15-8-9-17(22-15)10-11-18(20)19(12-13-21-2)14-16-6-4-3-5-7-16/h3-11H,12-14H2,1-2H3. The minimum absolute atomic E-state index is 0.0602. The summed E-state index contributed by atoms with van der Waals surface area (Å²) in [6.45, 7) is 3.49. The maximum absolute atomic E-state index is 12.4. The van der Waals surface area contributed by atoms with Crippen molar-refractivity contribution in [3.05, 3.63) is 65.6 Å². The quantitative estimate of drug-likeness (QED) is 0.737. The molecule has 0 aliphatic heterocycles. The van der Waals surface area contributed by atoms with E-state index in [0.29, 0.717) is 25.5 Å². The molecule has 1 amide bonds. The minimum Gasteiger partial charge on any atom is -0.462 e. The van der Waals surface area contributed by atoms with Crippen molar-refractivity contribution in [1.29, 1.82) is 0 Å². The van der Waals surface area contributed by atoms with Crippen molar-refractivity contribution in [2.75, 3.05) is 20.3 Å². The topological polar surface area (TPSA) is 42.7 Å². The van der Waals surface area contributed by atoms with Crippen LogP contribution in [0.3, 0.4) is 0 Å². The first-order valence-corrected chi connectivity index (χ1v) is 7.25. The first kappa shape index (κ1) is 16.0. The van der Waals surface area contributed by atoms with E-state index in [-0.39, 0.29) is 5.91 Å². The van der Waals surface area contributed by atoms with E-state index in [1.807, 2.05) is 49.4 Å². The molecule has 1 aromatic heterocycles. The van der Waals surface area contributed by atoms with Crippen LogP contribution in [0.4, 0.5) is 0 Å². The molecule has 0 fully saturated rings. The van der Waals surface area contributed by atoms with Crippen molar-refractivity contribution in [2.24, 2.45) is 0 Å². The third-order valence-electron chi connectivity index (χ3n) is 3.24. The van der Waals surface area contributed by atoms with Gasteiger partial charge in [0, 0.05) is 26.3 Å². The van der Waals surface area contributed by atoms with Gasteiger partial charge in [0.1, 0.15) is 11.5 Å². The van der Waals surface area contributed by atoms with Crippen molar-refractivity contribution in [1.82, 2.24) is 4.90 Å². The van der Waals surface area contributed by atoms with E-state index in [9.17, 15) is 4.79 Å². The molecule has 0 N–H and O–H groups in total. The van der Waals surface area contributed by atoms with Crippen molar-refractivity contribution < 1.29 is 13.9 Å². The fourth-order valence-corrected chi connectivity index (χ4v) is 2.07. The number of furan rings is 1. The summed E-state index contributed by atoms with van der Waals surface area (Å²) in [4.78, 5) is 14.1. The average Bonchev–Trinajstić information content (AvgIpc) is 2.95. The molecular weight excluding hydrogens is 278 g/mol. The Morgan fingerprint density at radius 1 is 1.23 bits per heavy atom. The Balaban J connectivity index is 2.03. The Bertz CT molecular complexity index is 616. The van der Waals surface area contributed by atoms with Crippen molar-refractivity contribution in [2.45, 2.75) is 13.5 Å². The Labute approximate surface area is 131 Å². The van der Waals surface area contributed by atoms with Gasteiger partial charge in [-0.3, -0.25) is 4.79 Å². The fourth-order valence-electron chi connectivity index (χ4n) is 2.07. The smallest absolute Gasteiger partial charge is 0.247 e. The summed E-state index contributed by atoms with van der Waals surface area (Å²) in [6, 6.07) is 13.6. The summed E-state index contributed by atoms with van der Waals surface area (Å²) in [5.41, 5.74) is 1.09. The highest BCUT2D eigenvalue weighted by Crippen LogP contribution is 2.10. The van der Waals surface area contributed by atoms with Crippen LogP contribution in [-0.2, 0) is 16.1 Å². The summed E-state index contributed by atoms with van der Waals surface area (Å²) in [6.07, 6.45) is 3.23. The second kappa shape index (κ2) is 8.20. The zero-order chi connectivity index (χ0) is 15.8. The first-order valence-electron chi connectivity index (χ1n) is 7.25. The van der Waals surface area contributed by atoms with Crippen molar-refractivity contribution >= 4 is 12.0 Å². The molecule has 0 radical (unpaired) electrons. The van der Waals surface area contributed by atoms with Crippen LogP contribution >= 0.6 is 0 Å². The van der Waals surface area contributed by atoms with Gasteiger partial charge in [-0.2, -0.15) is 0 Å². The molecule has 1 heterocycles. The Morgan fingerprint density at radius 2 is 2.00 bits per heavy atom. The molecule has 2 rings (SSSR count). The second-order valence-corrected chi connectivity index (χ2v) is 5.02. The van der Waals surface area contributed by atoms with Gasteiger partial charge < -0.3 is 14.1 Å². The second-order valence-electron chi connectivity index (χ2n) is 5.02. The lowest BCUT2D eigenvalue weighted by atomic mass is 10.2. The highest BCUT2D eigenvalue weighted by Gasteiger charge is 2.11. The molecule has 0 atom stereocenters. The molecule has 0 bridgehead atoms. The number of carbonyl (C=O) groups is 1. The molecule has 116 valence electrons. The lowest BCUT2D eigenvalue weighted by Crippen LogP contribution is -2.32. The van der Waals surface area contributed by atoms with E-state index >= 15 is 0 Å². The summed E-state index contributed by atoms with van der Waals surface area (Å²) in [5.74, 6) is 1.44. The van der Waals surface area contributed by atoms with Gasteiger partial charge in [0.05, 0.1) is 6.61 Å². The molecule has 0 saturated carbocycles. The van der Waals surface area contributed by atoms with Crippen LogP contribution in [0.5, 0.6) is 0 Å². The number of hydrogen-bond donors (Lipinski definition) is 0. The number of amides is 1.